The van der Waals surface area contributed by atoms with Crippen LogP contribution in [0.4, 0.5) is 0 Å². The molecule has 1 fully saturated rings. The normalized spacial score (nSPS) is 16.2. The highest BCUT2D eigenvalue weighted by atomic mass is 16.5. The average Bonchev–Trinajstić information content (AvgIpc) is 3.11. The maximum Gasteiger partial charge on any atom is 0.354 e. The topological polar surface area (TPSA) is 95.0 Å². The average molecular weight is 273 g/mol. The number of ether oxygens (including phenoxy) is 1. The molecule has 6 heteroatoms. The predicted octanol–water partition coefficient (Wildman–Crippen LogP) is 1.54. The van der Waals surface area contributed by atoms with Crippen molar-refractivity contribution in [1.82, 2.24) is 10.3 Å². The van der Waals surface area contributed by atoms with Crippen molar-refractivity contribution in [2.75, 3.05) is 13.2 Å². The first kappa shape index (κ1) is 13.9. The van der Waals surface area contributed by atoms with Crippen LogP contribution in [0, 0.1) is 11.3 Å². The molecular formula is C14H15N3O3. The number of Topliss-reactive ketones (excluding diaryl/α,β-unsaturated/α-hetero) is 1. The molecule has 1 saturated heterocycles. The van der Waals surface area contributed by atoms with Crippen LogP contribution in [0.25, 0.3) is 0 Å². The fourth-order valence-corrected chi connectivity index (χ4v) is 2.05. The van der Waals surface area contributed by atoms with Gasteiger partial charge in [0.15, 0.2) is 0 Å². The zero-order chi connectivity index (χ0) is 14.5. The minimum Gasteiger partial charge on any atom is -0.461 e. The molecule has 0 saturated carbocycles. The summed E-state index contributed by atoms with van der Waals surface area (Å²) in [7, 11) is 0. The van der Waals surface area contributed by atoms with E-state index in [1.807, 2.05) is 6.07 Å². The highest BCUT2D eigenvalue weighted by molar-refractivity contribution is 6.11. The molecule has 20 heavy (non-hydrogen) atoms. The largest absolute Gasteiger partial charge is 0.461 e. The number of ketones is 1. The van der Waals surface area contributed by atoms with E-state index in [4.69, 9.17) is 10.00 Å². The lowest BCUT2D eigenvalue weighted by atomic mass is 10.1. The second-order valence-electron chi connectivity index (χ2n) is 4.33. The molecule has 0 atom stereocenters. The number of rotatable bonds is 4. The number of carbonyl (C=O) groups excluding carboxylic acids is 2. The second-order valence-corrected chi connectivity index (χ2v) is 4.33. The number of H-pyrrole nitrogens is 1. The van der Waals surface area contributed by atoms with E-state index in [0.29, 0.717) is 12.1 Å². The lowest BCUT2D eigenvalue weighted by Crippen LogP contribution is -2.13. The van der Waals surface area contributed by atoms with Crippen LogP contribution in [-0.2, 0) is 4.74 Å². The summed E-state index contributed by atoms with van der Waals surface area (Å²) in [6.45, 7) is 2.74. The minimum atomic E-state index is -0.517. The summed E-state index contributed by atoms with van der Waals surface area (Å²) in [6.07, 6.45) is 1.60. The summed E-state index contributed by atoms with van der Waals surface area (Å²) in [4.78, 5) is 26.5. The SMILES string of the molecule is CCOC(=O)c1ccc(C(=O)C(C#N)=C2CCCN2)[nH]1. The van der Waals surface area contributed by atoms with Gasteiger partial charge in [0.2, 0.25) is 5.78 Å². The van der Waals surface area contributed by atoms with Gasteiger partial charge in [0.1, 0.15) is 17.3 Å². The Morgan fingerprint density at radius 1 is 1.40 bits per heavy atom. The van der Waals surface area contributed by atoms with Gasteiger partial charge < -0.3 is 15.0 Å². The van der Waals surface area contributed by atoms with Gasteiger partial charge in [0.25, 0.3) is 0 Å². The van der Waals surface area contributed by atoms with E-state index in [1.54, 1.807) is 6.92 Å². The minimum absolute atomic E-state index is 0.0970. The lowest BCUT2D eigenvalue weighted by molar-refractivity contribution is 0.0520. The maximum atomic E-state index is 12.3. The van der Waals surface area contributed by atoms with E-state index in [9.17, 15) is 9.59 Å². The van der Waals surface area contributed by atoms with Crippen molar-refractivity contribution in [1.29, 1.82) is 5.26 Å². The van der Waals surface area contributed by atoms with Gasteiger partial charge in [-0.15, -0.1) is 0 Å². The Labute approximate surface area is 116 Å². The number of esters is 1. The van der Waals surface area contributed by atoms with Gasteiger partial charge in [-0.3, -0.25) is 4.79 Å². The predicted molar refractivity (Wildman–Crippen MR) is 71.0 cm³/mol. The fraction of sp³-hybridized carbons (Fsp3) is 0.357. The highest BCUT2D eigenvalue weighted by Crippen LogP contribution is 2.18. The van der Waals surface area contributed by atoms with Crippen LogP contribution in [0.3, 0.4) is 0 Å². The fourth-order valence-electron chi connectivity index (χ4n) is 2.05. The van der Waals surface area contributed by atoms with Gasteiger partial charge >= 0.3 is 5.97 Å². The molecule has 0 unspecified atom stereocenters. The van der Waals surface area contributed by atoms with Gasteiger partial charge in [-0.1, -0.05) is 0 Å². The van der Waals surface area contributed by atoms with Crippen molar-refractivity contribution in [2.24, 2.45) is 0 Å². The number of aromatic amines is 1. The van der Waals surface area contributed by atoms with E-state index in [0.717, 1.165) is 13.0 Å². The van der Waals surface area contributed by atoms with Crippen LogP contribution in [0.2, 0.25) is 0 Å². The van der Waals surface area contributed by atoms with Crippen LogP contribution in [-0.4, -0.2) is 29.9 Å². The first-order valence-electron chi connectivity index (χ1n) is 6.45. The van der Waals surface area contributed by atoms with Crippen LogP contribution in [0.1, 0.15) is 40.7 Å². The summed E-state index contributed by atoms with van der Waals surface area (Å²) < 4.78 is 4.84. The second kappa shape index (κ2) is 6.06. The Bertz CT molecular complexity index is 599. The third-order valence-electron chi connectivity index (χ3n) is 3.01. The molecule has 0 amide bonds. The molecule has 6 nitrogen and oxygen atoms in total. The zero-order valence-electron chi connectivity index (χ0n) is 11.2. The monoisotopic (exact) mass is 273 g/mol. The third kappa shape index (κ3) is 2.72. The molecule has 2 heterocycles. The number of nitrogens with one attached hydrogen (secondary N) is 2. The number of allylic oxidation sites excluding steroid dienone is 2. The lowest BCUT2D eigenvalue weighted by Gasteiger charge is -2.02. The number of aromatic nitrogens is 1. The summed E-state index contributed by atoms with van der Waals surface area (Å²) in [5, 5.41) is 12.2. The van der Waals surface area contributed by atoms with Crippen LogP contribution >= 0.6 is 0 Å². The van der Waals surface area contributed by atoms with Crippen molar-refractivity contribution < 1.29 is 14.3 Å². The van der Waals surface area contributed by atoms with Crippen LogP contribution in [0.5, 0.6) is 0 Å². The first-order chi connectivity index (χ1) is 9.67. The molecule has 1 aliphatic heterocycles. The Morgan fingerprint density at radius 2 is 2.15 bits per heavy atom. The van der Waals surface area contributed by atoms with Crippen molar-refractivity contribution in [3.8, 4) is 6.07 Å². The number of hydrogen-bond donors (Lipinski definition) is 2. The quantitative estimate of drug-likeness (QED) is 0.375. The molecule has 0 aliphatic carbocycles. The Morgan fingerprint density at radius 3 is 2.75 bits per heavy atom. The molecule has 2 N–H and O–H groups in total. The van der Waals surface area contributed by atoms with E-state index < -0.39 is 11.8 Å². The molecule has 2 rings (SSSR count). The number of nitriles is 1. The number of nitrogens with zero attached hydrogens (tertiary/aromatic N) is 1. The van der Waals surface area contributed by atoms with E-state index in [1.165, 1.54) is 12.1 Å². The Kier molecular flexibility index (Phi) is 4.20. The van der Waals surface area contributed by atoms with Gasteiger partial charge in [-0.05, 0) is 31.9 Å². The van der Waals surface area contributed by atoms with Crippen LogP contribution in [0.15, 0.2) is 23.4 Å². The van der Waals surface area contributed by atoms with E-state index in [2.05, 4.69) is 10.3 Å². The zero-order valence-corrected chi connectivity index (χ0v) is 11.2. The molecule has 0 bridgehead atoms. The summed E-state index contributed by atoms with van der Waals surface area (Å²) in [6, 6.07) is 4.90. The Hall–Kier alpha value is -2.55. The smallest absolute Gasteiger partial charge is 0.354 e. The summed E-state index contributed by atoms with van der Waals surface area (Å²) in [5.74, 6) is -0.927. The summed E-state index contributed by atoms with van der Waals surface area (Å²) >= 11 is 0. The molecule has 0 spiro atoms. The van der Waals surface area contributed by atoms with Gasteiger partial charge in [-0.2, -0.15) is 5.26 Å². The molecule has 1 aromatic rings. The molecule has 1 aliphatic rings. The Balaban J connectivity index is 2.23. The van der Waals surface area contributed by atoms with Gasteiger partial charge in [-0.25, -0.2) is 4.79 Å². The molecule has 1 aromatic heterocycles. The van der Waals surface area contributed by atoms with Crippen molar-refractivity contribution >= 4 is 11.8 Å². The van der Waals surface area contributed by atoms with Crippen molar-refractivity contribution in [2.45, 2.75) is 19.8 Å². The molecular weight excluding hydrogens is 258 g/mol. The van der Waals surface area contributed by atoms with E-state index >= 15 is 0 Å². The molecule has 104 valence electrons. The number of carbonyl (C=O) groups is 2. The van der Waals surface area contributed by atoms with Crippen molar-refractivity contribution in [3.63, 3.8) is 0 Å². The third-order valence-corrected chi connectivity index (χ3v) is 3.01. The first-order valence-corrected chi connectivity index (χ1v) is 6.45. The molecule has 0 radical (unpaired) electrons. The van der Waals surface area contributed by atoms with Crippen LogP contribution < -0.4 is 5.32 Å². The van der Waals surface area contributed by atoms with Gasteiger partial charge in [0, 0.05) is 12.2 Å². The van der Waals surface area contributed by atoms with E-state index in [-0.39, 0.29) is 23.6 Å². The van der Waals surface area contributed by atoms with Gasteiger partial charge in [0.05, 0.1) is 12.3 Å². The number of hydrogen-bond acceptors (Lipinski definition) is 5. The standard InChI is InChI=1S/C14H15N3O3/c1-2-20-14(19)12-6-5-11(17-12)13(18)9(8-15)10-4-3-7-16-10/h5-6,16-17H,2-4,7H2,1H3. The summed E-state index contributed by atoms with van der Waals surface area (Å²) in [5.41, 5.74) is 1.19. The maximum absolute atomic E-state index is 12.3. The van der Waals surface area contributed by atoms with Crippen molar-refractivity contribution in [3.05, 3.63) is 34.8 Å². The highest BCUT2D eigenvalue weighted by Gasteiger charge is 2.21. The molecule has 0 aromatic carbocycles.